The molecular formula is C20H27NO4. The van der Waals surface area contributed by atoms with Gasteiger partial charge in [0.05, 0.1) is 7.11 Å². The molecule has 1 aliphatic heterocycles. The van der Waals surface area contributed by atoms with Crippen molar-refractivity contribution in [2.24, 2.45) is 11.8 Å². The number of phenols is 1. The number of aliphatic carboxylic acids is 1. The van der Waals surface area contributed by atoms with E-state index in [9.17, 15) is 15.0 Å². The highest BCUT2D eigenvalue weighted by Crippen LogP contribution is 2.38. The molecule has 2 fully saturated rings. The lowest BCUT2D eigenvalue weighted by molar-refractivity contribution is -0.146. The van der Waals surface area contributed by atoms with E-state index in [0.717, 1.165) is 18.5 Å². The molecule has 5 nitrogen and oxygen atoms in total. The standard InChI is InChI=1S/C20H27NO4/c1-25-19-11-14(8-9-18(19)22)5-4-10-21-13-16-7-3-2-6-15(16)12-17(21)20(23)24/h4-5,8-9,11,15-17,22H,2-3,6-7,10,12-13H2,1H3,(H,23,24). The van der Waals surface area contributed by atoms with Crippen LogP contribution in [0.4, 0.5) is 0 Å². The van der Waals surface area contributed by atoms with E-state index in [1.165, 1.54) is 32.8 Å². The number of aromatic hydroxyl groups is 1. The Balaban J connectivity index is 1.66. The van der Waals surface area contributed by atoms with Gasteiger partial charge in [0.25, 0.3) is 0 Å². The summed E-state index contributed by atoms with van der Waals surface area (Å²) in [5.41, 5.74) is 0.925. The fourth-order valence-corrected chi connectivity index (χ4v) is 4.28. The van der Waals surface area contributed by atoms with Crippen LogP contribution in [0.25, 0.3) is 6.08 Å². The van der Waals surface area contributed by atoms with E-state index >= 15 is 0 Å². The highest BCUT2D eigenvalue weighted by molar-refractivity contribution is 5.73. The van der Waals surface area contributed by atoms with Crippen molar-refractivity contribution in [1.82, 2.24) is 4.90 Å². The molecule has 136 valence electrons. The third-order valence-corrected chi connectivity index (χ3v) is 5.64. The number of benzene rings is 1. The minimum absolute atomic E-state index is 0.116. The Labute approximate surface area is 148 Å². The Kier molecular flexibility index (Phi) is 5.63. The molecule has 5 heteroatoms. The highest BCUT2D eigenvalue weighted by atomic mass is 16.5. The van der Waals surface area contributed by atoms with Crippen LogP contribution in [0.5, 0.6) is 11.5 Å². The van der Waals surface area contributed by atoms with Gasteiger partial charge in [-0.1, -0.05) is 37.5 Å². The summed E-state index contributed by atoms with van der Waals surface area (Å²) in [4.78, 5) is 13.8. The number of carboxylic acid groups (broad SMARTS) is 1. The number of methoxy groups -OCH3 is 1. The summed E-state index contributed by atoms with van der Waals surface area (Å²) in [6, 6.07) is 4.81. The molecule has 2 aliphatic rings. The second kappa shape index (κ2) is 7.91. The van der Waals surface area contributed by atoms with Crippen molar-refractivity contribution in [2.75, 3.05) is 20.2 Å². The summed E-state index contributed by atoms with van der Waals surface area (Å²) < 4.78 is 5.12. The monoisotopic (exact) mass is 345 g/mol. The number of hydrogen-bond acceptors (Lipinski definition) is 4. The molecule has 1 aliphatic carbocycles. The second-order valence-corrected chi connectivity index (χ2v) is 7.18. The van der Waals surface area contributed by atoms with Gasteiger partial charge in [-0.3, -0.25) is 9.69 Å². The van der Waals surface area contributed by atoms with Crippen molar-refractivity contribution in [3.63, 3.8) is 0 Å². The fourth-order valence-electron chi connectivity index (χ4n) is 4.28. The van der Waals surface area contributed by atoms with Gasteiger partial charge >= 0.3 is 5.97 Å². The molecule has 1 heterocycles. The molecule has 0 amide bonds. The van der Waals surface area contributed by atoms with Crippen molar-refractivity contribution in [3.8, 4) is 11.5 Å². The van der Waals surface area contributed by atoms with Crippen molar-refractivity contribution >= 4 is 12.0 Å². The minimum atomic E-state index is -0.705. The van der Waals surface area contributed by atoms with Gasteiger partial charge in [-0.15, -0.1) is 0 Å². The summed E-state index contributed by atoms with van der Waals surface area (Å²) in [6.45, 7) is 1.51. The molecule has 1 aromatic rings. The van der Waals surface area contributed by atoms with Crippen LogP contribution in [0.1, 0.15) is 37.7 Å². The number of rotatable bonds is 5. The first-order valence-electron chi connectivity index (χ1n) is 9.09. The number of ether oxygens (including phenoxy) is 1. The molecule has 3 rings (SSSR count). The Bertz CT molecular complexity index is 643. The molecule has 1 aromatic carbocycles. The number of carbonyl (C=O) groups is 1. The minimum Gasteiger partial charge on any atom is -0.504 e. The first-order valence-corrected chi connectivity index (χ1v) is 9.09. The van der Waals surface area contributed by atoms with E-state index in [1.54, 1.807) is 12.1 Å². The predicted molar refractivity (Wildman–Crippen MR) is 96.8 cm³/mol. The van der Waals surface area contributed by atoms with Gasteiger partial charge in [0, 0.05) is 13.1 Å². The van der Waals surface area contributed by atoms with Crippen LogP contribution < -0.4 is 4.74 Å². The number of fused-ring (bicyclic) bond motifs is 1. The molecule has 25 heavy (non-hydrogen) atoms. The number of likely N-dealkylation sites (tertiary alicyclic amines) is 1. The largest absolute Gasteiger partial charge is 0.504 e. The molecule has 0 bridgehead atoms. The lowest BCUT2D eigenvalue weighted by Gasteiger charge is -2.44. The Morgan fingerprint density at radius 3 is 2.80 bits per heavy atom. The molecule has 0 spiro atoms. The van der Waals surface area contributed by atoms with E-state index in [4.69, 9.17) is 4.74 Å². The summed E-state index contributed by atoms with van der Waals surface area (Å²) in [5, 5.41) is 19.3. The molecule has 2 N–H and O–H groups in total. The molecule has 0 aromatic heterocycles. The van der Waals surface area contributed by atoms with Crippen molar-refractivity contribution in [3.05, 3.63) is 29.8 Å². The van der Waals surface area contributed by atoms with Crippen LogP contribution in [0, 0.1) is 11.8 Å². The maximum Gasteiger partial charge on any atom is 0.320 e. The summed E-state index contributed by atoms with van der Waals surface area (Å²) in [6.07, 6.45) is 9.67. The van der Waals surface area contributed by atoms with Crippen LogP contribution in [-0.2, 0) is 4.79 Å². The molecule has 3 atom stereocenters. The molecule has 1 saturated heterocycles. The lowest BCUT2D eigenvalue weighted by Crippen LogP contribution is -2.51. The van der Waals surface area contributed by atoms with Gasteiger partial charge in [0.1, 0.15) is 6.04 Å². The smallest absolute Gasteiger partial charge is 0.320 e. The van der Waals surface area contributed by atoms with Crippen LogP contribution in [-0.4, -0.2) is 47.3 Å². The fraction of sp³-hybridized carbons (Fsp3) is 0.550. The number of piperidine rings is 1. The molecule has 0 radical (unpaired) electrons. The number of nitrogens with zero attached hydrogens (tertiary/aromatic N) is 1. The Hall–Kier alpha value is -2.01. The topological polar surface area (TPSA) is 70.0 Å². The lowest BCUT2D eigenvalue weighted by atomic mass is 9.73. The van der Waals surface area contributed by atoms with Gasteiger partial charge in [0.15, 0.2) is 11.5 Å². The maximum absolute atomic E-state index is 11.7. The van der Waals surface area contributed by atoms with Crippen LogP contribution in [0.2, 0.25) is 0 Å². The summed E-state index contributed by atoms with van der Waals surface area (Å²) >= 11 is 0. The van der Waals surface area contributed by atoms with E-state index in [-0.39, 0.29) is 11.8 Å². The van der Waals surface area contributed by atoms with Gasteiger partial charge < -0.3 is 14.9 Å². The van der Waals surface area contributed by atoms with Crippen LogP contribution >= 0.6 is 0 Å². The SMILES string of the molecule is COc1cc(C=CCN2CC3CCCCC3CC2C(=O)O)ccc1O. The summed E-state index contributed by atoms with van der Waals surface area (Å²) in [7, 11) is 1.52. The van der Waals surface area contributed by atoms with Crippen molar-refractivity contribution in [1.29, 1.82) is 0 Å². The third-order valence-electron chi connectivity index (χ3n) is 5.64. The maximum atomic E-state index is 11.7. The van der Waals surface area contributed by atoms with E-state index in [2.05, 4.69) is 4.90 Å². The van der Waals surface area contributed by atoms with Crippen LogP contribution in [0.15, 0.2) is 24.3 Å². The molecule has 1 saturated carbocycles. The zero-order chi connectivity index (χ0) is 17.8. The zero-order valence-corrected chi connectivity index (χ0v) is 14.7. The zero-order valence-electron chi connectivity index (χ0n) is 14.7. The normalized spacial score (nSPS) is 27.2. The van der Waals surface area contributed by atoms with E-state index in [0.29, 0.717) is 24.1 Å². The summed E-state index contributed by atoms with van der Waals surface area (Å²) in [5.74, 6) is 1.07. The van der Waals surface area contributed by atoms with Gasteiger partial charge in [0.2, 0.25) is 0 Å². The predicted octanol–water partition coefficient (Wildman–Crippen LogP) is 3.38. The first-order chi connectivity index (χ1) is 12.1. The number of carboxylic acids is 1. The molecular weight excluding hydrogens is 318 g/mol. The second-order valence-electron chi connectivity index (χ2n) is 7.18. The Morgan fingerprint density at radius 2 is 2.08 bits per heavy atom. The Morgan fingerprint density at radius 1 is 1.32 bits per heavy atom. The van der Waals surface area contributed by atoms with Crippen molar-refractivity contribution in [2.45, 2.75) is 38.1 Å². The van der Waals surface area contributed by atoms with E-state index < -0.39 is 5.97 Å². The van der Waals surface area contributed by atoms with Gasteiger partial charge in [-0.25, -0.2) is 0 Å². The van der Waals surface area contributed by atoms with Gasteiger partial charge in [-0.2, -0.15) is 0 Å². The first kappa shape index (κ1) is 17.8. The average Bonchev–Trinajstić information content (AvgIpc) is 2.62. The van der Waals surface area contributed by atoms with Crippen molar-refractivity contribution < 1.29 is 19.7 Å². The highest BCUT2D eigenvalue weighted by Gasteiger charge is 2.39. The third kappa shape index (κ3) is 4.15. The van der Waals surface area contributed by atoms with E-state index in [1.807, 2.05) is 18.2 Å². The quantitative estimate of drug-likeness (QED) is 0.856. The average molecular weight is 345 g/mol. The van der Waals surface area contributed by atoms with Gasteiger partial charge in [-0.05, 0) is 42.4 Å². The molecule has 3 unspecified atom stereocenters. The number of phenolic OH excluding ortho intramolecular Hbond substituents is 1. The van der Waals surface area contributed by atoms with Crippen LogP contribution in [0.3, 0.4) is 0 Å². The number of hydrogen-bond donors (Lipinski definition) is 2.